The molecule has 9 heteroatoms. The zero-order valence-electron chi connectivity index (χ0n) is 15.3. The lowest BCUT2D eigenvalue weighted by Crippen LogP contribution is -2.52. The number of amides is 2. The first-order valence-corrected chi connectivity index (χ1v) is 8.72. The van der Waals surface area contributed by atoms with Gasteiger partial charge in [0.25, 0.3) is 0 Å². The maximum absolute atomic E-state index is 11.9. The van der Waals surface area contributed by atoms with E-state index in [4.69, 9.17) is 15.6 Å². The third-order valence-electron chi connectivity index (χ3n) is 3.81. The van der Waals surface area contributed by atoms with Crippen LogP contribution in [0.2, 0.25) is 0 Å². The number of hydrogen-bond donors (Lipinski definition) is 5. The molecule has 0 saturated heterocycles. The predicted octanol–water partition coefficient (Wildman–Crippen LogP) is 0.361. The minimum atomic E-state index is -1.40. The van der Waals surface area contributed by atoms with E-state index in [0.717, 1.165) is 5.56 Å². The van der Waals surface area contributed by atoms with Gasteiger partial charge in [-0.1, -0.05) is 30.3 Å². The smallest absolute Gasteiger partial charge is 0.407 e. The van der Waals surface area contributed by atoms with Crippen LogP contribution in [-0.2, 0) is 20.9 Å². The summed E-state index contributed by atoms with van der Waals surface area (Å²) in [4.78, 5) is 34.4. The quantitative estimate of drug-likeness (QED) is 0.347. The van der Waals surface area contributed by atoms with Crippen LogP contribution in [0.4, 0.5) is 4.79 Å². The number of rotatable bonds is 11. The first kappa shape index (κ1) is 22.4. The van der Waals surface area contributed by atoms with Crippen LogP contribution < -0.4 is 16.4 Å². The van der Waals surface area contributed by atoms with Gasteiger partial charge in [-0.15, -0.1) is 0 Å². The molecule has 6 N–H and O–H groups in total. The lowest BCUT2D eigenvalue weighted by molar-refractivity contribution is -0.145. The Morgan fingerprint density at radius 2 is 1.85 bits per heavy atom. The van der Waals surface area contributed by atoms with Gasteiger partial charge in [0.1, 0.15) is 6.61 Å². The van der Waals surface area contributed by atoms with Crippen molar-refractivity contribution in [3.63, 3.8) is 0 Å². The van der Waals surface area contributed by atoms with Crippen LogP contribution in [0.3, 0.4) is 0 Å². The average molecular weight is 381 g/mol. The van der Waals surface area contributed by atoms with Crippen molar-refractivity contribution in [2.75, 3.05) is 6.54 Å². The van der Waals surface area contributed by atoms with Crippen LogP contribution in [0.5, 0.6) is 0 Å². The number of nitrogens with two attached hydrogens (primary N) is 1. The van der Waals surface area contributed by atoms with Crippen molar-refractivity contribution in [1.82, 2.24) is 10.6 Å². The van der Waals surface area contributed by atoms with Gasteiger partial charge in [-0.2, -0.15) is 0 Å². The number of ether oxygens (including phenoxy) is 1. The molecule has 1 rings (SSSR count). The molecule has 0 radical (unpaired) electrons. The monoisotopic (exact) mass is 381 g/mol. The Balaban J connectivity index is 2.16. The van der Waals surface area contributed by atoms with Crippen molar-refractivity contribution in [1.29, 1.82) is 0 Å². The van der Waals surface area contributed by atoms with Gasteiger partial charge in [-0.3, -0.25) is 4.79 Å². The second kappa shape index (κ2) is 11.9. The van der Waals surface area contributed by atoms with E-state index in [1.165, 1.54) is 6.92 Å². The first-order chi connectivity index (χ1) is 12.8. The molecule has 2 amide bonds. The molecule has 0 aliphatic rings. The molecule has 0 saturated carbocycles. The fourth-order valence-electron chi connectivity index (χ4n) is 2.23. The number of carboxylic acid groups (broad SMARTS) is 1. The van der Waals surface area contributed by atoms with Crippen molar-refractivity contribution in [3.8, 4) is 0 Å². The largest absolute Gasteiger partial charge is 0.480 e. The molecule has 3 atom stereocenters. The van der Waals surface area contributed by atoms with E-state index in [0.29, 0.717) is 25.8 Å². The molecule has 0 aromatic heterocycles. The lowest BCUT2D eigenvalue weighted by atomic mass is 10.1. The molecule has 27 heavy (non-hydrogen) atoms. The summed E-state index contributed by atoms with van der Waals surface area (Å²) in [6, 6.07) is 7.00. The first-order valence-electron chi connectivity index (χ1n) is 8.72. The molecule has 1 aromatic rings. The molecular formula is C18H27N3O6. The SMILES string of the molecule is C[C@@H](O)[C@H](NC(=O)[C@@H](N)CCCCNC(=O)OCc1ccccc1)C(=O)O. The van der Waals surface area contributed by atoms with E-state index < -0.39 is 36.2 Å². The molecule has 0 aliphatic heterocycles. The number of carbonyl (C=O) groups is 3. The highest BCUT2D eigenvalue weighted by molar-refractivity contribution is 5.87. The summed E-state index contributed by atoms with van der Waals surface area (Å²) < 4.78 is 5.06. The van der Waals surface area contributed by atoms with Crippen molar-refractivity contribution in [2.24, 2.45) is 5.73 Å². The van der Waals surface area contributed by atoms with Crippen molar-refractivity contribution in [2.45, 2.75) is 51.0 Å². The number of alkyl carbamates (subject to hydrolysis) is 1. The number of carboxylic acids is 1. The molecule has 0 aliphatic carbocycles. The van der Waals surface area contributed by atoms with Crippen LogP contribution in [-0.4, -0.2) is 52.9 Å². The van der Waals surface area contributed by atoms with Crippen molar-refractivity contribution >= 4 is 18.0 Å². The van der Waals surface area contributed by atoms with E-state index in [2.05, 4.69) is 10.6 Å². The molecule has 1 aromatic carbocycles. The molecule has 0 heterocycles. The number of carbonyl (C=O) groups excluding carboxylic acids is 2. The minimum Gasteiger partial charge on any atom is -0.480 e. The topological polar surface area (TPSA) is 151 Å². The zero-order chi connectivity index (χ0) is 20.2. The van der Waals surface area contributed by atoms with Crippen LogP contribution >= 0.6 is 0 Å². The van der Waals surface area contributed by atoms with E-state index in [1.54, 1.807) is 0 Å². The summed E-state index contributed by atoms with van der Waals surface area (Å²) in [5, 5.41) is 23.1. The van der Waals surface area contributed by atoms with E-state index in [-0.39, 0.29) is 6.61 Å². The molecule has 0 bridgehead atoms. The molecule has 150 valence electrons. The average Bonchev–Trinajstić information content (AvgIpc) is 2.64. The number of unbranched alkanes of at least 4 members (excludes halogenated alkanes) is 1. The normalized spacial score (nSPS) is 13.9. The summed E-state index contributed by atoms with van der Waals surface area (Å²) in [6.07, 6.45) is -0.300. The van der Waals surface area contributed by atoms with Gasteiger partial charge in [-0.25, -0.2) is 9.59 Å². The highest BCUT2D eigenvalue weighted by Crippen LogP contribution is 2.02. The van der Waals surface area contributed by atoms with Crippen LogP contribution in [0.25, 0.3) is 0 Å². The Morgan fingerprint density at radius 3 is 2.44 bits per heavy atom. The molecule has 0 spiro atoms. The number of hydrogen-bond acceptors (Lipinski definition) is 6. The fraction of sp³-hybridized carbons (Fsp3) is 0.500. The highest BCUT2D eigenvalue weighted by Gasteiger charge is 2.26. The third kappa shape index (κ3) is 9.02. The Labute approximate surface area is 157 Å². The summed E-state index contributed by atoms with van der Waals surface area (Å²) >= 11 is 0. The van der Waals surface area contributed by atoms with Crippen LogP contribution in [0, 0.1) is 0 Å². The Hall–Kier alpha value is -2.65. The van der Waals surface area contributed by atoms with Gasteiger partial charge in [0.2, 0.25) is 5.91 Å². The van der Waals surface area contributed by atoms with Crippen LogP contribution in [0.15, 0.2) is 30.3 Å². The van der Waals surface area contributed by atoms with Gasteiger partial charge in [0.05, 0.1) is 12.1 Å². The van der Waals surface area contributed by atoms with Gasteiger partial charge < -0.3 is 31.3 Å². The van der Waals surface area contributed by atoms with Crippen molar-refractivity contribution in [3.05, 3.63) is 35.9 Å². The van der Waals surface area contributed by atoms with Gasteiger partial charge in [0.15, 0.2) is 6.04 Å². The van der Waals surface area contributed by atoms with E-state index in [1.807, 2.05) is 30.3 Å². The fourth-order valence-corrected chi connectivity index (χ4v) is 2.23. The minimum absolute atomic E-state index is 0.186. The maximum atomic E-state index is 11.9. The highest BCUT2D eigenvalue weighted by atomic mass is 16.5. The Morgan fingerprint density at radius 1 is 1.19 bits per heavy atom. The van der Waals surface area contributed by atoms with E-state index in [9.17, 15) is 19.5 Å². The molecular weight excluding hydrogens is 354 g/mol. The summed E-state index contributed by atoms with van der Waals surface area (Å²) in [5.41, 5.74) is 6.61. The third-order valence-corrected chi connectivity index (χ3v) is 3.81. The van der Waals surface area contributed by atoms with Crippen molar-refractivity contribution < 1.29 is 29.3 Å². The zero-order valence-corrected chi connectivity index (χ0v) is 15.3. The number of aliphatic hydroxyl groups excluding tert-OH is 1. The standard InChI is InChI=1S/C18H27N3O6/c1-12(22)15(17(24)25)21-16(23)14(19)9-5-6-10-20-18(26)27-11-13-7-3-2-4-8-13/h2-4,7-8,12,14-15,22H,5-6,9-11,19H2,1H3,(H,20,26)(H,21,23)(H,24,25)/t12-,14+,15+/m1/s1. The second-order valence-electron chi connectivity index (χ2n) is 6.16. The maximum Gasteiger partial charge on any atom is 0.407 e. The van der Waals surface area contributed by atoms with E-state index >= 15 is 0 Å². The molecule has 9 nitrogen and oxygen atoms in total. The van der Waals surface area contributed by atoms with Crippen LogP contribution in [0.1, 0.15) is 31.7 Å². The molecule has 0 fully saturated rings. The number of nitrogens with one attached hydrogen (secondary N) is 2. The number of aliphatic hydroxyl groups is 1. The Bertz CT molecular complexity index is 608. The second-order valence-corrected chi connectivity index (χ2v) is 6.16. The van der Waals surface area contributed by atoms with Gasteiger partial charge in [-0.05, 0) is 31.7 Å². The summed E-state index contributed by atoms with van der Waals surface area (Å²) in [7, 11) is 0. The number of benzene rings is 1. The predicted molar refractivity (Wildman–Crippen MR) is 97.7 cm³/mol. The summed E-state index contributed by atoms with van der Waals surface area (Å²) in [5.74, 6) is -1.97. The molecule has 0 unspecified atom stereocenters. The summed E-state index contributed by atoms with van der Waals surface area (Å²) in [6.45, 7) is 1.83. The van der Waals surface area contributed by atoms with Gasteiger partial charge >= 0.3 is 12.1 Å². The Kier molecular flexibility index (Phi) is 9.84. The van der Waals surface area contributed by atoms with Gasteiger partial charge in [0, 0.05) is 6.54 Å². The lowest BCUT2D eigenvalue weighted by Gasteiger charge is -2.19. The number of aliphatic carboxylic acids is 1.